The third kappa shape index (κ3) is 3.42. The first kappa shape index (κ1) is 18.3. The summed E-state index contributed by atoms with van der Waals surface area (Å²) in [5, 5.41) is 0.307. The zero-order valence-corrected chi connectivity index (χ0v) is 16.4. The molecule has 1 aliphatic rings. The number of hydrogen-bond donors (Lipinski definition) is 1. The van der Waals surface area contributed by atoms with E-state index in [9.17, 15) is 4.79 Å². The maximum absolute atomic E-state index is 11.9. The Labute approximate surface area is 158 Å². The van der Waals surface area contributed by atoms with Gasteiger partial charge in [0.05, 0.1) is 4.91 Å². The number of aliphatic imine (C=N–C) groups is 1. The second kappa shape index (κ2) is 7.41. The summed E-state index contributed by atoms with van der Waals surface area (Å²) in [6.45, 7) is 10.4. The highest BCUT2D eigenvalue weighted by Gasteiger charge is 2.20. The van der Waals surface area contributed by atoms with Crippen LogP contribution in [-0.4, -0.2) is 28.7 Å². The van der Waals surface area contributed by atoms with E-state index in [0.717, 1.165) is 35.7 Å². The lowest BCUT2D eigenvalue weighted by Gasteiger charge is -2.21. The van der Waals surface area contributed by atoms with Crippen molar-refractivity contribution < 1.29 is 4.79 Å². The van der Waals surface area contributed by atoms with Crippen LogP contribution in [0.5, 0.6) is 0 Å². The summed E-state index contributed by atoms with van der Waals surface area (Å²) < 4.78 is 2.20. The van der Waals surface area contributed by atoms with Crippen molar-refractivity contribution in [1.82, 2.24) is 4.57 Å². The van der Waals surface area contributed by atoms with Crippen LogP contribution in [0, 0.1) is 13.8 Å². The third-order valence-electron chi connectivity index (χ3n) is 4.63. The van der Waals surface area contributed by atoms with E-state index in [0.29, 0.717) is 10.1 Å². The minimum Gasteiger partial charge on any atom is -0.378 e. The number of nitrogens with two attached hydrogens (primary N) is 1. The summed E-state index contributed by atoms with van der Waals surface area (Å²) in [6.07, 6.45) is 1.87. The van der Waals surface area contributed by atoms with Crippen LogP contribution >= 0.6 is 11.8 Å². The van der Waals surface area contributed by atoms with Gasteiger partial charge in [-0.25, -0.2) is 0 Å². The summed E-state index contributed by atoms with van der Waals surface area (Å²) in [4.78, 5) is 18.5. The van der Waals surface area contributed by atoms with Gasteiger partial charge in [0.2, 0.25) is 0 Å². The van der Waals surface area contributed by atoms with Crippen LogP contribution in [0.2, 0.25) is 0 Å². The van der Waals surface area contributed by atoms with Gasteiger partial charge in [0.15, 0.2) is 5.17 Å². The highest BCUT2D eigenvalue weighted by Crippen LogP contribution is 2.30. The van der Waals surface area contributed by atoms with Gasteiger partial charge < -0.3 is 15.2 Å². The summed E-state index contributed by atoms with van der Waals surface area (Å²) in [6, 6.07) is 10.7. The zero-order valence-electron chi connectivity index (χ0n) is 15.6. The number of hydrogen-bond acceptors (Lipinski definition) is 4. The molecule has 3 rings (SSSR count). The first-order valence-electron chi connectivity index (χ1n) is 8.77. The Morgan fingerprint density at radius 3 is 2.38 bits per heavy atom. The van der Waals surface area contributed by atoms with Crippen LogP contribution in [0.1, 0.15) is 30.8 Å². The second-order valence-corrected chi connectivity index (χ2v) is 7.28. The molecular weight excluding hydrogens is 344 g/mol. The quantitative estimate of drug-likeness (QED) is 0.814. The molecule has 2 heterocycles. The van der Waals surface area contributed by atoms with E-state index in [4.69, 9.17) is 5.73 Å². The van der Waals surface area contributed by atoms with Crippen LogP contribution in [0.15, 0.2) is 40.2 Å². The molecule has 0 unspecified atom stereocenters. The fraction of sp³-hybridized carbons (Fsp3) is 0.300. The monoisotopic (exact) mass is 368 g/mol. The molecule has 1 aromatic carbocycles. The van der Waals surface area contributed by atoms with E-state index in [1.807, 2.05) is 6.08 Å². The molecule has 6 heteroatoms. The number of anilines is 1. The fourth-order valence-electron chi connectivity index (χ4n) is 3.30. The van der Waals surface area contributed by atoms with Crippen molar-refractivity contribution in [2.24, 2.45) is 10.7 Å². The van der Waals surface area contributed by atoms with E-state index in [-0.39, 0.29) is 5.91 Å². The Kier molecular flexibility index (Phi) is 5.23. The van der Waals surface area contributed by atoms with Gasteiger partial charge in [-0.3, -0.25) is 4.79 Å². The van der Waals surface area contributed by atoms with Gasteiger partial charge in [0.25, 0.3) is 5.91 Å². The molecule has 0 bridgehead atoms. The summed E-state index contributed by atoms with van der Waals surface area (Å²) in [5.41, 5.74) is 11.2. The first-order valence-corrected chi connectivity index (χ1v) is 9.58. The molecule has 0 spiro atoms. The van der Waals surface area contributed by atoms with E-state index < -0.39 is 0 Å². The average Bonchev–Trinajstić information content (AvgIpc) is 3.08. The minimum absolute atomic E-state index is 0.263. The number of rotatable bonds is 5. The van der Waals surface area contributed by atoms with Crippen LogP contribution in [-0.2, 0) is 4.79 Å². The zero-order chi connectivity index (χ0) is 18.8. The smallest absolute Gasteiger partial charge is 0.286 e. The molecular formula is C20H24N4OS. The molecule has 26 heavy (non-hydrogen) atoms. The number of thioether (sulfide) groups is 1. The lowest BCUT2D eigenvalue weighted by atomic mass is 10.2. The number of nitrogens with zero attached hydrogens (tertiary/aromatic N) is 3. The number of carbonyl (C=O) groups is 1. The SMILES string of the molecule is CCN(CC)c1ccc(-n2c(C)cc(C=C3SC(N)=NC3=O)c2C)cc1. The molecule has 1 aliphatic heterocycles. The van der Waals surface area contributed by atoms with Crippen molar-refractivity contribution in [1.29, 1.82) is 0 Å². The van der Waals surface area contributed by atoms with Crippen molar-refractivity contribution in [2.75, 3.05) is 18.0 Å². The third-order valence-corrected chi connectivity index (χ3v) is 5.44. The normalized spacial score (nSPS) is 15.6. The number of amidine groups is 1. The molecule has 136 valence electrons. The van der Waals surface area contributed by atoms with Crippen molar-refractivity contribution >= 4 is 34.6 Å². The van der Waals surface area contributed by atoms with Crippen molar-refractivity contribution in [3.05, 3.63) is 52.2 Å². The average molecular weight is 369 g/mol. The first-order chi connectivity index (χ1) is 12.4. The van der Waals surface area contributed by atoms with Crippen molar-refractivity contribution in [2.45, 2.75) is 27.7 Å². The van der Waals surface area contributed by atoms with Gasteiger partial charge in [-0.15, -0.1) is 0 Å². The number of amides is 1. The molecule has 0 saturated heterocycles. The summed E-state index contributed by atoms with van der Waals surface area (Å²) in [7, 11) is 0. The predicted octanol–water partition coefficient (Wildman–Crippen LogP) is 3.87. The Balaban J connectivity index is 1.94. The number of aromatic nitrogens is 1. The predicted molar refractivity (Wildman–Crippen MR) is 111 cm³/mol. The van der Waals surface area contributed by atoms with E-state index in [1.54, 1.807) is 0 Å². The largest absolute Gasteiger partial charge is 0.378 e. The second-order valence-electron chi connectivity index (χ2n) is 6.22. The Bertz CT molecular complexity index is 889. The van der Waals surface area contributed by atoms with Crippen LogP contribution in [0.25, 0.3) is 11.8 Å². The molecule has 2 aromatic rings. The molecule has 0 saturated carbocycles. The number of benzene rings is 1. The molecule has 0 atom stereocenters. The standard InChI is InChI=1S/C20H24N4OS/c1-5-23(6-2)16-7-9-17(10-8-16)24-13(3)11-15(14(24)4)12-18-19(25)22-20(21)26-18/h7-12H,5-6H2,1-4H3,(H2,21,22,25). The van der Waals surface area contributed by atoms with Gasteiger partial charge in [0.1, 0.15) is 0 Å². The topological polar surface area (TPSA) is 63.6 Å². The lowest BCUT2D eigenvalue weighted by Crippen LogP contribution is -2.21. The van der Waals surface area contributed by atoms with Crippen molar-refractivity contribution in [3.8, 4) is 5.69 Å². The van der Waals surface area contributed by atoms with Gasteiger partial charge in [-0.05, 0) is 81.4 Å². The van der Waals surface area contributed by atoms with Gasteiger partial charge in [-0.2, -0.15) is 4.99 Å². The van der Waals surface area contributed by atoms with Gasteiger partial charge in [-0.1, -0.05) is 0 Å². The number of aryl methyl sites for hydroxylation is 1. The van der Waals surface area contributed by atoms with E-state index in [1.165, 1.54) is 17.4 Å². The lowest BCUT2D eigenvalue weighted by molar-refractivity contribution is -0.113. The van der Waals surface area contributed by atoms with Gasteiger partial charge in [0, 0.05) is 35.9 Å². The Morgan fingerprint density at radius 2 is 1.85 bits per heavy atom. The maximum atomic E-state index is 11.9. The fourth-order valence-corrected chi connectivity index (χ4v) is 3.97. The highest BCUT2D eigenvalue weighted by molar-refractivity contribution is 8.18. The summed E-state index contributed by atoms with van der Waals surface area (Å²) >= 11 is 1.22. The van der Waals surface area contributed by atoms with Gasteiger partial charge >= 0.3 is 0 Å². The maximum Gasteiger partial charge on any atom is 0.286 e. The van der Waals surface area contributed by atoms with Crippen molar-refractivity contribution in [3.63, 3.8) is 0 Å². The molecule has 0 radical (unpaired) electrons. The molecule has 0 fully saturated rings. The Hall–Kier alpha value is -2.47. The highest BCUT2D eigenvalue weighted by atomic mass is 32.2. The molecule has 0 aliphatic carbocycles. The molecule has 5 nitrogen and oxygen atoms in total. The Morgan fingerprint density at radius 1 is 1.19 bits per heavy atom. The molecule has 2 N–H and O–H groups in total. The number of carbonyl (C=O) groups excluding carboxylic acids is 1. The van der Waals surface area contributed by atoms with Crippen LogP contribution in [0.3, 0.4) is 0 Å². The summed E-state index contributed by atoms with van der Waals surface area (Å²) in [5.74, 6) is -0.263. The minimum atomic E-state index is -0.263. The van der Waals surface area contributed by atoms with E-state index in [2.05, 4.69) is 72.5 Å². The van der Waals surface area contributed by atoms with Crippen LogP contribution < -0.4 is 10.6 Å². The van der Waals surface area contributed by atoms with Crippen LogP contribution in [0.4, 0.5) is 5.69 Å². The van der Waals surface area contributed by atoms with E-state index >= 15 is 0 Å². The molecule has 1 amide bonds. The molecule has 1 aromatic heterocycles.